The molecule has 1 saturated carbocycles. The van der Waals surface area contributed by atoms with Crippen LogP contribution in [-0.2, 0) is 16.0 Å². The van der Waals surface area contributed by atoms with Gasteiger partial charge in [-0.1, -0.05) is 43.5 Å². The second kappa shape index (κ2) is 7.79. The van der Waals surface area contributed by atoms with Crippen LogP contribution in [0.25, 0.3) is 0 Å². The van der Waals surface area contributed by atoms with E-state index in [9.17, 15) is 14.7 Å². The van der Waals surface area contributed by atoms with Crippen molar-refractivity contribution >= 4 is 11.8 Å². The van der Waals surface area contributed by atoms with Gasteiger partial charge in [-0.25, -0.2) is 0 Å². The van der Waals surface area contributed by atoms with Crippen molar-refractivity contribution < 1.29 is 14.7 Å². The number of rotatable bonds is 5. The molecule has 5 heteroatoms. The lowest BCUT2D eigenvalue weighted by Gasteiger charge is -2.21. The standard InChI is InChI=1S/C19H26N2O3/c22-16-12-14-8-4-5-9-15(14)18(16)21-17(23)10-11-20-19(24)13-6-2-1-3-7-13/h4-5,8-9,13,16,18,22H,1-3,6-7,10-12H2,(H,20,24)(H,21,23). The zero-order valence-corrected chi connectivity index (χ0v) is 14.0. The van der Waals surface area contributed by atoms with Gasteiger partial charge in [0.05, 0.1) is 12.1 Å². The highest BCUT2D eigenvalue weighted by Gasteiger charge is 2.31. The Hall–Kier alpha value is -1.88. The molecule has 0 aromatic heterocycles. The molecule has 3 rings (SSSR count). The lowest BCUT2D eigenvalue weighted by molar-refractivity contribution is -0.126. The fourth-order valence-electron chi connectivity index (χ4n) is 3.80. The highest BCUT2D eigenvalue weighted by Crippen LogP contribution is 2.31. The number of benzene rings is 1. The van der Waals surface area contributed by atoms with Gasteiger partial charge >= 0.3 is 0 Å². The second-order valence-electron chi connectivity index (χ2n) is 6.89. The monoisotopic (exact) mass is 330 g/mol. The highest BCUT2D eigenvalue weighted by molar-refractivity contribution is 5.80. The van der Waals surface area contributed by atoms with E-state index in [4.69, 9.17) is 0 Å². The smallest absolute Gasteiger partial charge is 0.223 e. The van der Waals surface area contributed by atoms with Gasteiger partial charge in [-0.2, -0.15) is 0 Å². The molecule has 2 unspecified atom stereocenters. The van der Waals surface area contributed by atoms with E-state index in [-0.39, 0.29) is 30.2 Å². The van der Waals surface area contributed by atoms with E-state index in [2.05, 4.69) is 10.6 Å². The topological polar surface area (TPSA) is 78.4 Å². The first kappa shape index (κ1) is 17.0. The molecule has 24 heavy (non-hydrogen) atoms. The molecule has 2 aliphatic carbocycles. The van der Waals surface area contributed by atoms with Crippen LogP contribution >= 0.6 is 0 Å². The number of carbonyl (C=O) groups is 2. The molecule has 2 atom stereocenters. The third-order valence-corrected chi connectivity index (χ3v) is 5.15. The van der Waals surface area contributed by atoms with Crippen LogP contribution in [0.4, 0.5) is 0 Å². The first-order chi connectivity index (χ1) is 11.6. The third-order valence-electron chi connectivity index (χ3n) is 5.15. The van der Waals surface area contributed by atoms with E-state index in [1.165, 1.54) is 6.42 Å². The van der Waals surface area contributed by atoms with Crippen LogP contribution in [0.3, 0.4) is 0 Å². The van der Waals surface area contributed by atoms with Gasteiger partial charge in [0.25, 0.3) is 0 Å². The van der Waals surface area contributed by atoms with Gasteiger partial charge < -0.3 is 15.7 Å². The average Bonchev–Trinajstić information content (AvgIpc) is 2.91. The van der Waals surface area contributed by atoms with E-state index in [1.54, 1.807) is 0 Å². The first-order valence-electron chi connectivity index (χ1n) is 8.98. The van der Waals surface area contributed by atoms with E-state index in [1.807, 2.05) is 24.3 Å². The number of aliphatic hydroxyl groups excluding tert-OH is 1. The summed E-state index contributed by atoms with van der Waals surface area (Å²) in [6.45, 7) is 0.353. The maximum Gasteiger partial charge on any atom is 0.223 e. The molecule has 0 aliphatic heterocycles. The van der Waals surface area contributed by atoms with Gasteiger partial charge in [0, 0.05) is 25.3 Å². The maximum absolute atomic E-state index is 12.1. The van der Waals surface area contributed by atoms with Gasteiger partial charge in [-0.05, 0) is 24.0 Å². The summed E-state index contributed by atoms with van der Waals surface area (Å²) in [6, 6.07) is 7.44. The predicted molar refractivity (Wildman–Crippen MR) is 91.2 cm³/mol. The molecule has 3 N–H and O–H groups in total. The Morgan fingerprint density at radius 1 is 1.12 bits per heavy atom. The molecule has 0 radical (unpaired) electrons. The van der Waals surface area contributed by atoms with Crippen molar-refractivity contribution in [3.63, 3.8) is 0 Å². The van der Waals surface area contributed by atoms with Crippen LogP contribution in [0, 0.1) is 5.92 Å². The first-order valence-corrected chi connectivity index (χ1v) is 8.98. The van der Waals surface area contributed by atoms with E-state index in [0.29, 0.717) is 13.0 Å². The molecule has 2 amide bonds. The number of hydrogen-bond donors (Lipinski definition) is 3. The Morgan fingerprint density at radius 2 is 1.88 bits per heavy atom. The molecular weight excluding hydrogens is 304 g/mol. The number of hydrogen-bond acceptors (Lipinski definition) is 3. The molecule has 0 spiro atoms. The van der Waals surface area contributed by atoms with Gasteiger partial charge in [0.2, 0.25) is 11.8 Å². The molecule has 5 nitrogen and oxygen atoms in total. The lowest BCUT2D eigenvalue weighted by atomic mass is 9.89. The van der Waals surface area contributed by atoms with Crippen LogP contribution in [0.1, 0.15) is 55.7 Å². The molecule has 130 valence electrons. The third kappa shape index (κ3) is 3.96. The summed E-state index contributed by atoms with van der Waals surface area (Å²) < 4.78 is 0. The number of nitrogens with one attached hydrogen (secondary N) is 2. The fourth-order valence-corrected chi connectivity index (χ4v) is 3.80. The molecule has 1 aromatic rings. The summed E-state index contributed by atoms with van der Waals surface area (Å²) in [5.74, 6) is 0.0544. The van der Waals surface area contributed by atoms with Crippen LogP contribution < -0.4 is 10.6 Å². The highest BCUT2D eigenvalue weighted by atomic mass is 16.3. The average molecular weight is 330 g/mol. The van der Waals surface area contributed by atoms with Crippen molar-refractivity contribution in [2.24, 2.45) is 5.92 Å². The molecule has 0 bridgehead atoms. The normalized spacial score (nSPS) is 23.5. The number of aliphatic hydroxyl groups is 1. The van der Waals surface area contributed by atoms with Crippen LogP contribution in [0.2, 0.25) is 0 Å². The van der Waals surface area contributed by atoms with E-state index < -0.39 is 6.10 Å². The lowest BCUT2D eigenvalue weighted by Crippen LogP contribution is -2.37. The van der Waals surface area contributed by atoms with E-state index in [0.717, 1.165) is 36.8 Å². The molecule has 2 aliphatic rings. The molecule has 0 heterocycles. The van der Waals surface area contributed by atoms with Crippen molar-refractivity contribution in [1.82, 2.24) is 10.6 Å². The summed E-state index contributed by atoms with van der Waals surface area (Å²) in [7, 11) is 0. The van der Waals surface area contributed by atoms with Crippen LogP contribution in [0.15, 0.2) is 24.3 Å². The van der Waals surface area contributed by atoms with Gasteiger partial charge in [0.1, 0.15) is 0 Å². The van der Waals surface area contributed by atoms with Gasteiger partial charge in [-0.15, -0.1) is 0 Å². The Balaban J connectivity index is 1.44. The zero-order chi connectivity index (χ0) is 16.9. The minimum Gasteiger partial charge on any atom is -0.390 e. The summed E-state index contributed by atoms with van der Waals surface area (Å²) in [6.07, 6.45) is 5.62. The van der Waals surface area contributed by atoms with Crippen molar-refractivity contribution in [2.75, 3.05) is 6.54 Å². The Bertz CT molecular complexity index is 596. The summed E-state index contributed by atoms with van der Waals surface area (Å²) >= 11 is 0. The SMILES string of the molecule is O=C(CCNC(=O)C1CCCCC1)NC1c2ccccc2CC1O. The minimum absolute atomic E-state index is 0.0775. The number of carbonyl (C=O) groups excluding carboxylic acids is 2. The Kier molecular flexibility index (Phi) is 5.51. The molecule has 1 fully saturated rings. The quantitative estimate of drug-likeness (QED) is 0.771. The largest absolute Gasteiger partial charge is 0.390 e. The number of fused-ring (bicyclic) bond motifs is 1. The molecular formula is C19H26N2O3. The molecule has 1 aromatic carbocycles. The van der Waals surface area contributed by atoms with E-state index >= 15 is 0 Å². The number of amides is 2. The van der Waals surface area contributed by atoms with Gasteiger partial charge in [-0.3, -0.25) is 9.59 Å². The van der Waals surface area contributed by atoms with Crippen molar-refractivity contribution in [3.05, 3.63) is 35.4 Å². The Labute approximate surface area is 142 Å². The zero-order valence-electron chi connectivity index (χ0n) is 14.0. The van der Waals surface area contributed by atoms with Crippen molar-refractivity contribution in [1.29, 1.82) is 0 Å². The summed E-state index contributed by atoms with van der Waals surface area (Å²) in [4.78, 5) is 24.2. The van der Waals surface area contributed by atoms with Crippen LogP contribution in [0.5, 0.6) is 0 Å². The maximum atomic E-state index is 12.1. The minimum atomic E-state index is -0.580. The van der Waals surface area contributed by atoms with Crippen molar-refractivity contribution in [2.45, 2.75) is 57.1 Å². The second-order valence-corrected chi connectivity index (χ2v) is 6.89. The Morgan fingerprint density at radius 3 is 2.67 bits per heavy atom. The summed E-state index contributed by atoms with van der Waals surface area (Å²) in [5, 5.41) is 15.9. The van der Waals surface area contributed by atoms with Gasteiger partial charge in [0.15, 0.2) is 0 Å². The molecule has 0 saturated heterocycles. The predicted octanol–water partition coefficient (Wildman–Crippen LogP) is 1.85. The van der Waals surface area contributed by atoms with Crippen LogP contribution in [-0.4, -0.2) is 29.6 Å². The fraction of sp³-hybridized carbons (Fsp3) is 0.579. The summed E-state index contributed by atoms with van der Waals surface area (Å²) in [5.41, 5.74) is 2.07. The van der Waals surface area contributed by atoms with Crippen molar-refractivity contribution in [3.8, 4) is 0 Å².